The molecule has 4 rings (SSSR count). The molecule has 1 fully saturated rings. The number of aromatic nitrogens is 5. The van der Waals surface area contributed by atoms with Gasteiger partial charge in [-0.05, 0) is 18.4 Å². The lowest BCUT2D eigenvalue weighted by Gasteiger charge is -2.28. The van der Waals surface area contributed by atoms with Gasteiger partial charge in [0.25, 0.3) is 0 Å². The molecule has 0 unspecified atom stereocenters. The number of benzene rings is 1. The number of hydrogen-bond donors (Lipinski definition) is 1. The predicted octanol–water partition coefficient (Wildman–Crippen LogP) is 1.19. The smallest absolute Gasteiger partial charge is 0.234 e. The summed E-state index contributed by atoms with van der Waals surface area (Å²) in [6, 6.07) is 11.9. The number of primary amides is 1. The van der Waals surface area contributed by atoms with E-state index in [1.54, 1.807) is 9.36 Å². The fourth-order valence-corrected chi connectivity index (χ4v) is 3.62. The summed E-state index contributed by atoms with van der Waals surface area (Å²) < 4.78 is 3.36. The summed E-state index contributed by atoms with van der Waals surface area (Å²) >= 11 is 0. The van der Waals surface area contributed by atoms with E-state index in [1.165, 1.54) is 5.56 Å². The van der Waals surface area contributed by atoms with Crippen molar-refractivity contribution in [2.75, 3.05) is 0 Å². The van der Waals surface area contributed by atoms with Crippen molar-refractivity contribution in [2.45, 2.75) is 31.5 Å². The van der Waals surface area contributed by atoms with Gasteiger partial charge in [-0.3, -0.25) is 14.4 Å². The second-order valence-electron chi connectivity index (χ2n) is 6.60. The third-order valence-electron chi connectivity index (χ3n) is 4.85. The molecule has 1 aliphatic rings. The topological polar surface area (TPSA) is 94.9 Å². The van der Waals surface area contributed by atoms with E-state index in [0.717, 1.165) is 18.5 Å². The van der Waals surface area contributed by atoms with Crippen molar-refractivity contribution in [3.63, 3.8) is 0 Å². The van der Waals surface area contributed by atoms with Gasteiger partial charge in [0.2, 0.25) is 5.91 Å². The Balaban J connectivity index is 1.59. The summed E-state index contributed by atoms with van der Waals surface area (Å²) in [6.45, 7) is 0.514. The molecule has 2 N–H and O–H groups in total. The lowest BCUT2D eigenvalue weighted by Crippen LogP contribution is -2.40. The van der Waals surface area contributed by atoms with Crippen LogP contribution >= 0.6 is 0 Å². The van der Waals surface area contributed by atoms with Crippen molar-refractivity contribution in [2.24, 2.45) is 12.8 Å². The number of carbonyl (C=O) groups is 1. The molecule has 1 aliphatic heterocycles. The van der Waals surface area contributed by atoms with E-state index in [-0.39, 0.29) is 18.0 Å². The Labute approximate surface area is 151 Å². The fourth-order valence-electron chi connectivity index (χ4n) is 3.62. The molecule has 0 radical (unpaired) electrons. The second kappa shape index (κ2) is 6.72. The van der Waals surface area contributed by atoms with E-state index < -0.39 is 0 Å². The Morgan fingerprint density at radius 1 is 1.23 bits per heavy atom. The highest BCUT2D eigenvalue weighted by molar-refractivity contribution is 5.80. The maximum atomic E-state index is 11.9. The Kier molecular flexibility index (Phi) is 4.26. The van der Waals surface area contributed by atoms with Crippen LogP contribution in [0.3, 0.4) is 0 Å². The van der Waals surface area contributed by atoms with Gasteiger partial charge in [0.15, 0.2) is 5.82 Å². The molecule has 0 saturated carbocycles. The van der Waals surface area contributed by atoms with E-state index in [1.807, 2.05) is 43.7 Å². The highest BCUT2D eigenvalue weighted by Crippen LogP contribution is 2.37. The Hall–Kier alpha value is -3.00. The SMILES string of the molecule is Cn1ccc(-n2cc(CN3[C@@H](C(N)=O)CC[C@@H]3c3ccccc3)nn2)n1. The van der Waals surface area contributed by atoms with E-state index in [9.17, 15) is 4.79 Å². The number of hydrogen-bond acceptors (Lipinski definition) is 5. The fraction of sp³-hybridized carbons (Fsp3) is 0.333. The van der Waals surface area contributed by atoms with Crippen LogP contribution in [0.1, 0.15) is 30.1 Å². The lowest BCUT2D eigenvalue weighted by atomic mass is 10.0. The standard InChI is InChI=1S/C18H21N7O/c1-23-10-9-17(21-23)25-12-14(20-22-25)11-24-15(7-8-16(24)18(19)26)13-5-3-2-4-6-13/h2-6,9-10,12,15-16H,7-8,11H2,1H3,(H2,19,26)/t15-,16-/m1/s1. The average molecular weight is 351 g/mol. The minimum Gasteiger partial charge on any atom is -0.368 e. The molecule has 2 atom stereocenters. The number of aryl methyl sites for hydroxylation is 1. The number of rotatable bonds is 5. The van der Waals surface area contributed by atoms with Gasteiger partial charge in [-0.2, -0.15) is 5.10 Å². The van der Waals surface area contributed by atoms with E-state index >= 15 is 0 Å². The highest BCUT2D eigenvalue weighted by atomic mass is 16.1. The normalized spacial score (nSPS) is 20.5. The van der Waals surface area contributed by atoms with Crippen LogP contribution in [0.4, 0.5) is 0 Å². The first-order valence-electron chi connectivity index (χ1n) is 8.63. The molecular formula is C18H21N7O. The molecule has 134 valence electrons. The molecule has 3 aromatic rings. The first-order valence-corrected chi connectivity index (χ1v) is 8.63. The molecule has 3 heterocycles. The van der Waals surface area contributed by atoms with E-state index in [0.29, 0.717) is 12.4 Å². The van der Waals surface area contributed by atoms with Crippen molar-refractivity contribution in [3.05, 3.63) is 60.0 Å². The zero-order valence-electron chi connectivity index (χ0n) is 14.6. The van der Waals surface area contributed by atoms with Gasteiger partial charge in [0.1, 0.15) is 0 Å². The van der Waals surface area contributed by atoms with Crippen molar-refractivity contribution in [1.29, 1.82) is 0 Å². The Bertz CT molecular complexity index is 901. The first-order chi connectivity index (χ1) is 12.6. The third-order valence-corrected chi connectivity index (χ3v) is 4.85. The van der Waals surface area contributed by atoms with Crippen LogP contribution in [0.5, 0.6) is 0 Å². The number of nitrogens with zero attached hydrogens (tertiary/aromatic N) is 6. The van der Waals surface area contributed by atoms with Gasteiger partial charge in [-0.1, -0.05) is 35.5 Å². The zero-order valence-corrected chi connectivity index (χ0v) is 14.6. The Morgan fingerprint density at radius 3 is 2.73 bits per heavy atom. The van der Waals surface area contributed by atoms with Crippen molar-refractivity contribution in [3.8, 4) is 5.82 Å². The van der Waals surface area contributed by atoms with Gasteiger partial charge >= 0.3 is 0 Å². The summed E-state index contributed by atoms with van der Waals surface area (Å²) in [5.74, 6) is 0.416. The minimum atomic E-state index is -0.291. The maximum absolute atomic E-state index is 11.9. The van der Waals surface area contributed by atoms with Crippen molar-refractivity contribution >= 4 is 5.91 Å². The predicted molar refractivity (Wildman–Crippen MR) is 95.1 cm³/mol. The summed E-state index contributed by atoms with van der Waals surface area (Å²) in [6.07, 6.45) is 5.35. The molecule has 8 heteroatoms. The molecule has 0 spiro atoms. The molecule has 1 amide bonds. The highest BCUT2D eigenvalue weighted by Gasteiger charge is 2.37. The molecule has 1 saturated heterocycles. The average Bonchev–Trinajstić information content (AvgIpc) is 3.35. The van der Waals surface area contributed by atoms with Crippen LogP contribution in [-0.2, 0) is 18.4 Å². The number of carbonyl (C=O) groups excluding carboxylic acids is 1. The van der Waals surface area contributed by atoms with E-state index in [2.05, 4.69) is 32.4 Å². The second-order valence-corrected chi connectivity index (χ2v) is 6.60. The monoisotopic (exact) mass is 351 g/mol. The molecule has 26 heavy (non-hydrogen) atoms. The van der Waals surface area contributed by atoms with Crippen LogP contribution in [0.15, 0.2) is 48.8 Å². The van der Waals surface area contributed by atoms with Gasteiger partial charge in [-0.15, -0.1) is 5.10 Å². The molecular weight excluding hydrogens is 330 g/mol. The van der Waals surface area contributed by atoms with Crippen LogP contribution in [-0.4, -0.2) is 41.6 Å². The minimum absolute atomic E-state index is 0.147. The molecule has 0 bridgehead atoms. The molecule has 2 aromatic heterocycles. The number of amides is 1. The Morgan fingerprint density at radius 2 is 2.04 bits per heavy atom. The number of likely N-dealkylation sites (tertiary alicyclic amines) is 1. The van der Waals surface area contributed by atoms with Crippen molar-refractivity contribution < 1.29 is 4.79 Å². The van der Waals surface area contributed by atoms with Gasteiger partial charge in [0.05, 0.1) is 17.9 Å². The maximum Gasteiger partial charge on any atom is 0.234 e. The summed E-state index contributed by atoms with van der Waals surface area (Å²) in [7, 11) is 1.85. The summed E-state index contributed by atoms with van der Waals surface area (Å²) in [5.41, 5.74) is 7.62. The van der Waals surface area contributed by atoms with Gasteiger partial charge < -0.3 is 5.73 Å². The van der Waals surface area contributed by atoms with Crippen molar-refractivity contribution in [1.82, 2.24) is 29.7 Å². The van der Waals surface area contributed by atoms with Crippen LogP contribution in [0.2, 0.25) is 0 Å². The van der Waals surface area contributed by atoms with Crippen LogP contribution < -0.4 is 5.73 Å². The summed E-state index contributed by atoms with van der Waals surface area (Å²) in [5, 5.41) is 12.7. The lowest BCUT2D eigenvalue weighted by molar-refractivity contribution is -0.122. The quantitative estimate of drug-likeness (QED) is 0.745. The third kappa shape index (κ3) is 3.11. The van der Waals surface area contributed by atoms with Gasteiger partial charge in [-0.25, -0.2) is 4.68 Å². The molecule has 8 nitrogen and oxygen atoms in total. The van der Waals surface area contributed by atoms with E-state index in [4.69, 9.17) is 5.73 Å². The van der Waals surface area contributed by atoms with Crippen LogP contribution in [0.25, 0.3) is 5.82 Å². The largest absolute Gasteiger partial charge is 0.368 e. The summed E-state index contributed by atoms with van der Waals surface area (Å²) in [4.78, 5) is 14.1. The van der Waals surface area contributed by atoms with Gasteiger partial charge in [0, 0.05) is 31.9 Å². The van der Waals surface area contributed by atoms with Crippen LogP contribution in [0, 0.1) is 0 Å². The molecule has 1 aromatic carbocycles. The number of nitrogens with two attached hydrogens (primary N) is 1. The first kappa shape index (κ1) is 16.5. The zero-order chi connectivity index (χ0) is 18.1. The molecule has 0 aliphatic carbocycles.